The van der Waals surface area contributed by atoms with Crippen LogP contribution < -0.4 is 0 Å². The van der Waals surface area contributed by atoms with Crippen LogP contribution in [-0.2, 0) is 15.3 Å². The summed E-state index contributed by atoms with van der Waals surface area (Å²) in [6.07, 6.45) is 4.33. The van der Waals surface area contributed by atoms with Gasteiger partial charge in [-0.15, -0.1) is 0 Å². The molecule has 4 aliphatic rings. The number of esters is 1. The second kappa shape index (κ2) is 9.91. The summed E-state index contributed by atoms with van der Waals surface area (Å²) >= 11 is 0. The van der Waals surface area contributed by atoms with E-state index in [1.54, 1.807) is 0 Å². The molecule has 2 aromatic carbocycles. The molecule has 6 rings (SSSR count). The Labute approximate surface area is 225 Å². The highest BCUT2D eigenvalue weighted by Gasteiger charge is 2.60. The van der Waals surface area contributed by atoms with Crippen molar-refractivity contribution in [3.8, 4) is 0 Å². The first kappa shape index (κ1) is 25.8. The van der Waals surface area contributed by atoms with E-state index >= 15 is 0 Å². The lowest BCUT2D eigenvalue weighted by molar-refractivity contribution is -0.145. The van der Waals surface area contributed by atoms with Crippen LogP contribution in [0.2, 0.25) is 0 Å². The smallest absolute Gasteiger partial charge is 0.311 e. The quantitative estimate of drug-likeness (QED) is 0.466. The molecule has 38 heavy (non-hydrogen) atoms. The number of allylic oxidation sites excluding steroid dienone is 1. The van der Waals surface area contributed by atoms with Crippen LogP contribution in [0, 0.1) is 23.2 Å². The van der Waals surface area contributed by atoms with Gasteiger partial charge in [-0.05, 0) is 18.8 Å². The van der Waals surface area contributed by atoms with Crippen molar-refractivity contribution in [2.45, 2.75) is 51.0 Å². The molecule has 0 amide bonds. The zero-order valence-electron chi connectivity index (χ0n) is 22.5. The highest BCUT2D eigenvalue weighted by Crippen LogP contribution is 2.56. The van der Waals surface area contributed by atoms with E-state index in [-0.39, 0.29) is 29.3 Å². The minimum absolute atomic E-state index is 0.165. The van der Waals surface area contributed by atoms with E-state index in [9.17, 15) is 15.0 Å². The van der Waals surface area contributed by atoms with Crippen molar-refractivity contribution in [3.63, 3.8) is 0 Å². The molecule has 2 saturated heterocycles. The monoisotopic (exact) mass is 516 g/mol. The molecule has 202 valence electrons. The summed E-state index contributed by atoms with van der Waals surface area (Å²) in [5.41, 5.74) is 1.47. The van der Waals surface area contributed by atoms with E-state index in [1.165, 1.54) is 5.57 Å². The van der Waals surface area contributed by atoms with Gasteiger partial charge in [-0.3, -0.25) is 14.6 Å². The second-order valence-corrected chi connectivity index (χ2v) is 12.0. The Hall–Kier alpha value is -2.51. The van der Waals surface area contributed by atoms with Crippen molar-refractivity contribution in [1.82, 2.24) is 9.80 Å². The number of hydrogen-bond acceptors (Lipinski definition) is 6. The number of hydrogen-bond donors (Lipinski definition) is 2. The van der Waals surface area contributed by atoms with Crippen LogP contribution in [0.5, 0.6) is 0 Å². The molecular formula is C32H40N2O4. The van der Waals surface area contributed by atoms with Crippen LogP contribution in [0.15, 0.2) is 72.3 Å². The van der Waals surface area contributed by atoms with E-state index in [1.807, 2.05) is 60.7 Å². The number of carbonyl (C=O) groups is 1. The number of piperazine rings is 1. The number of fused-ring (bicyclic) bond motifs is 2. The third-order valence-corrected chi connectivity index (χ3v) is 10.2. The Balaban J connectivity index is 1.18. The average molecular weight is 517 g/mol. The van der Waals surface area contributed by atoms with Crippen LogP contribution in [-0.4, -0.2) is 70.9 Å². The van der Waals surface area contributed by atoms with Gasteiger partial charge < -0.3 is 14.9 Å². The minimum Gasteiger partial charge on any atom is -0.461 e. The molecule has 6 nitrogen and oxygen atoms in total. The van der Waals surface area contributed by atoms with Crippen LogP contribution in [0.1, 0.15) is 44.2 Å². The highest BCUT2D eigenvalue weighted by atomic mass is 16.6. The fraction of sp³-hybridized carbons (Fsp3) is 0.531. The van der Waals surface area contributed by atoms with Gasteiger partial charge in [0.1, 0.15) is 6.10 Å². The van der Waals surface area contributed by atoms with Gasteiger partial charge in [0.05, 0.1) is 12.0 Å². The number of aliphatic hydroxyl groups excluding tert-OH is 1. The molecule has 0 aromatic heterocycles. The van der Waals surface area contributed by atoms with E-state index in [0.717, 1.165) is 43.5 Å². The summed E-state index contributed by atoms with van der Waals surface area (Å²) in [6, 6.07) is 19.7. The van der Waals surface area contributed by atoms with Crippen LogP contribution in [0.25, 0.3) is 0 Å². The Morgan fingerprint density at radius 2 is 1.61 bits per heavy atom. The predicted octanol–water partition coefficient (Wildman–Crippen LogP) is 3.78. The summed E-state index contributed by atoms with van der Waals surface area (Å²) in [5, 5.41) is 23.8. The SMILES string of the molecule is C[C@@H]1CCC=C2C[C@H]3OC(=O)[C@H](CN4CCN(C(O)(c5ccccc5)c5ccccc5)CC4)[C@H]3[C@@H](O)[C@@]21C. The fourth-order valence-electron chi connectivity index (χ4n) is 7.68. The Kier molecular flexibility index (Phi) is 6.71. The number of rotatable bonds is 5. The largest absolute Gasteiger partial charge is 0.461 e. The third-order valence-electron chi connectivity index (χ3n) is 10.2. The van der Waals surface area contributed by atoms with Crippen molar-refractivity contribution >= 4 is 5.97 Å². The molecule has 0 radical (unpaired) electrons. The van der Waals surface area contributed by atoms with Crippen molar-refractivity contribution in [1.29, 1.82) is 0 Å². The van der Waals surface area contributed by atoms with Crippen molar-refractivity contribution in [2.24, 2.45) is 23.2 Å². The molecule has 6 heteroatoms. The number of carbonyl (C=O) groups excluding carboxylic acids is 1. The molecule has 0 unspecified atom stereocenters. The second-order valence-electron chi connectivity index (χ2n) is 12.0. The van der Waals surface area contributed by atoms with Gasteiger partial charge in [0.25, 0.3) is 0 Å². The number of benzene rings is 2. The molecular weight excluding hydrogens is 476 g/mol. The lowest BCUT2D eigenvalue weighted by atomic mass is 9.55. The van der Waals surface area contributed by atoms with Gasteiger partial charge in [0.2, 0.25) is 0 Å². The summed E-state index contributed by atoms with van der Waals surface area (Å²) < 4.78 is 5.89. The van der Waals surface area contributed by atoms with Crippen molar-refractivity contribution < 1.29 is 19.7 Å². The summed E-state index contributed by atoms with van der Waals surface area (Å²) in [5.74, 6) is -0.279. The van der Waals surface area contributed by atoms with Crippen molar-refractivity contribution in [3.05, 3.63) is 83.4 Å². The zero-order chi connectivity index (χ0) is 26.5. The summed E-state index contributed by atoms with van der Waals surface area (Å²) in [6.45, 7) is 7.82. The van der Waals surface area contributed by atoms with Gasteiger partial charge in [-0.1, -0.05) is 86.2 Å². The molecule has 2 N–H and O–H groups in total. The maximum atomic E-state index is 13.1. The fourth-order valence-corrected chi connectivity index (χ4v) is 7.68. The van der Waals surface area contributed by atoms with Gasteiger partial charge in [0, 0.05) is 61.6 Å². The standard InChI is InChI=1S/C32H40N2O4/c1-22-10-9-15-25-20-27-28(29(35)31(22,25)2)26(30(36)38-27)21-33-16-18-34(19-17-33)32(37,23-11-5-3-6-12-23)24-13-7-4-8-14-24/h3-8,11-15,22,26-29,35,37H,9-10,16-21H2,1-2H3/t22-,26-,27-,28-,29-,31-/m1/s1. The predicted molar refractivity (Wildman–Crippen MR) is 146 cm³/mol. The maximum Gasteiger partial charge on any atom is 0.311 e. The minimum atomic E-state index is -1.22. The zero-order valence-corrected chi connectivity index (χ0v) is 22.5. The lowest BCUT2D eigenvalue weighted by Crippen LogP contribution is -2.58. The topological polar surface area (TPSA) is 73.2 Å². The molecule has 2 heterocycles. The van der Waals surface area contributed by atoms with Gasteiger partial charge in [-0.25, -0.2) is 0 Å². The first-order chi connectivity index (χ1) is 18.3. The molecule has 6 atom stereocenters. The normalized spacial score (nSPS) is 34.3. The van der Waals surface area contributed by atoms with E-state index in [4.69, 9.17) is 4.74 Å². The number of nitrogens with zero attached hydrogens (tertiary/aromatic N) is 2. The average Bonchev–Trinajstić information content (AvgIpc) is 3.26. The molecule has 0 bridgehead atoms. The van der Waals surface area contributed by atoms with E-state index in [0.29, 0.717) is 25.6 Å². The first-order valence-electron chi connectivity index (χ1n) is 14.2. The summed E-state index contributed by atoms with van der Waals surface area (Å²) in [4.78, 5) is 17.6. The molecule has 2 aromatic rings. The van der Waals surface area contributed by atoms with Gasteiger partial charge in [0.15, 0.2) is 5.72 Å². The Bertz CT molecular complexity index is 1140. The number of ether oxygens (including phenoxy) is 1. The molecule has 2 aliphatic heterocycles. The van der Waals surface area contributed by atoms with Gasteiger partial charge in [-0.2, -0.15) is 0 Å². The summed E-state index contributed by atoms with van der Waals surface area (Å²) in [7, 11) is 0. The molecule has 1 saturated carbocycles. The van der Waals surface area contributed by atoms with Gasteiger partial charge >= 0.3 is 5.97 Å². The Morgan fingerprint density at radius 3 is 2.21 bits per heavy atom. The van der Waals surface area contributed by atoms with E-state index < -0.39 is 11.8 Å². The molecule has 3 fully saturated rings. The third kappa shape index (κ3) is 4.04. The molecule has 2 aliphatic carbocycles. The van der Waals surface area contributed by atoms with Crippen LogP contribution >= 0.6 is 0 Å². The molecule has 0 spiro atoms. The van der Waals surface area contributed by atoms with Crippen molar-refractivity contribution in [2.75, 3.05) is 32.7 Å². The lowest BCUT2D eigenvalue weighted by Gasteiger charge is -2.52. The maximum absolute atomic E-state index is 13.1. The highest BCUT2D eigenvalue weighted by molar-refractivity contribution is 5.76. The Morgan fingerprint density at radius 1 is 1.00 bits per heavy atom. The number of aliphatic hydroxyl groups is 2. The van der Waals surface area contributed by atoms with Crippen LogP contribution in [0.4, 0.5) is 0 Å². The van der Waals surface area contributed by atoms with Crippen LogP contribution in [0.3, 0.4) is 0 Å². The van der Waals surface area contributed by atoms with E-state index in [2.05, 4.69) is 29.7 Å². The first-order valence-corrected chi connectivity index (χ1v) is 14.2.